The topological polar surface area (TPSA) is 81.8 Å². The molecule has 7 nitrogen and oxygen atoms in total. The maximum absolute atomic E-state index is 11.4. The zero-order valence-electron chi connectivity index (χ0n) is 17.3. The molecule has 1 heterocycles. The highest BCUT2D eigenvalue weighted by Crippen LogP contribution is 2.46. The summed E-state index contributed by atoms with van der Waals surface area (Å²) in [5, 5.41) is 3.89. The summed E-state index contributed by atoms with van der Waals surface area (Å²) in [4.78, 5) is 14.8. The quantitative estimate of drug-likeness (QED) is 0.606. The fourth-order valence-corrected chi connectivity index (χ4v) is 3.51. The zero-order chi connectivity index (χ0) is 21.0. The summed E-state index contributed by atoms with van der Waals surface area (Å²) in [5.41, 5.74) is 3.77. The summed E-state index contributed by atoms with van der Waals surface area (Å²) in [5.74, 6) is 2.39. The van der Waals surface area contributed by atoms with Crippen molar-refractivity contribution in [3.05, 3.63) is 35.9 Å². The van der Waals surface area contributed by atoms with Crippen LogP contribution in [0.2, 0.25) is 0 Å². The molecule has 0 saturated carbocycles. The van der Waals surface area contributed by atoms with E-state index in [1.807, 2.05) is 30.3 Å². The van der Waals surface area contributed by atoms with Crippen molar-refractivity contribution in [1.29, 1.82) is 0 Å². The molecular weight excluding hydrogens is 372 g/mol. The highest BCUT2D eigenvalue weighted by atomic mass is 16.5. The number of carbonyl (C=O) groups is 1. The Labute approximate surface area is 169 Å². The molecule has 1 amide bonds. The second kappa shape index (κ2) is 8.77. The maximum atomic E-state index is 11.4. The largest absolute Gasteiger partial charge is 0.497 e. The Morgan fingerprint density at radius 2 is 1.72 bits per heavy atom. The summed E-state index contributed by atoms with van der Waals surface area (Å²) in [6.45, 7) is 2.03. The summed E-state index contributed by atoms with van der Waals surface area (Å²) in [6, 6.07) is 9.66. The number of rotatable bonds is 8. The molecule has 0 aliphatic carbocycles. The molecule has 0 aliphatic rings. The third-order valence-electron chi connectivity index (χ3n) is 4.84. The van der Waals surface area contributed by atoms with Crippen LogP contribution in [0.15, 0.2) is 30.3 Å². The average molecular weight is 398 g/mol. The highest BCUT2D eigenvalue weighted by molar-refractivity contribution is 5.93. The van der Waals surface area contributed by atoms with Gasteiger partial charge in [0.15, 0.2) is 11.5 Å². The number of H-pyrrole nitrogens is 1. The Bertz CT molecular complexity index is 1030. The van der Waals surface area contributed by atoms with Crippen LogP contribution in [0, 0.1) is 0 Å². The van der Waals surface area contributed by atoms with Crippen LogP contribution in [0.25, 0.3) is 22.2 Å². The third-order valence-corrected chi connectivity index (χ3v) is 4.84. The summed E-state index contributed by atoms with van der Waals surface area (Å²) in [6.07, 6.45) is 0.638. The van der Waals surface area contributed by atoms with E-state index in [4.69, 9.17) is 18.9 Å². The number of carbonyl (C=O) groups excluding carboxylic acids is 1. The number of methoxy groups -OCH3 is 4. The minimum Gasteiger partial charge on any atom is -0.497 e. The lowest BCUT2D eigenvalue weighted by Crippen LogP contribution is -2.22. The van der Waals surface area contributed by atoms with E-state index in [-0.39, 0.29) is 5.91 Å². The van der Waals surface area contributed by atoms with Gasteiger partial charge in [0.2, 0.25) is 11.7 Å². The molecule has 7 heteroatoms. The molecule has 0 fully saturated rings. The fourth-order valence-electron chi connectivity index (χ4n) is 3.51. The van der Waals surface area contributed by atoms with Crippen LogP contribution < -0.4 is 24.3 Å². The minimum absolute atomic E-state index is 0.0623. The fraction of sp³-hybridized carbons (Fsp3) is 0.318. The van der Waals surface area contributed by atoms with E-state index in [0.29, 0.717) is 30.2 Å². The number of fused-ring (bicyclic) bond motifs is 1. The lowest BCUT2D eigenvalue weighted by atomic mass is 10.0. The van der Waals surface area contributed by atoms with Crippen molar-refractivity contribution in [3.63, 3.8) is 0 Å². The van der Waals surface area contributed by atoms with Gasteiger partial charge < -0.3 is 29.2 Å². The van der Waals surface area contributed by atoms with Crippen LogP contribution in [0.3, 0.4) is 0 Å². The maximum Gasteiger partial charge on any atom is 0.216 e. The van der Waals surface area contributed by atoms with Crippen molar-refractivity contribution in [1.82, 2.24) is 10.3 Å². The van der Waals surface area contributed by atoms with E-state index < -0.39 is 0 Å². The molecule has 1 aromatic heterocycles. The van der Waals surface area contributed by atoms with Gasteiger partial charge in [-0.3, -0.25) is 4.79 Å². The number of aromatic nitrogens is 1. The SMILES string of the molecule is COc1ccc2[nH]c(-c3ccc(OC)c(OC)c3OC)c(CCNC(C)=O)c2c1. The summed E-state index contributed by atoms with van der Waals surface area (Å²) < 4.78 is 22.0. The first-order valence-corrected chi connectivity index (χ1v) is 9.26. The van der Waals surface area contributed by atoms with Gasteiger partial charge in [-0.1, -0.05) is 0 Å². The molecule has 29 heavy (non-hydrogen) atoms. The molecule has 2 N–H and O–H groups in total. The van der Waals surface area contributed by atoms with Gasteiger partial charge in [0.05, 0.1) is 34.1 Å². The zero-order valence-corrected chi connectivity index (χ0v) is 17.3. The molecule has 0 bridgehead atoms. The van der Waals surface area contributed by atoms with E-state index in [2.05, 4.69) is 10.3 Å². The molecule has 3 rings (SSSR count). The Kier molecular flexibility index (Phi) is 6.16. The van der Waals surface area contributed by atoms with Gasteiger partial charge in [-0.25, -0.2) is 0 Å². The number of amides is 1. The van der Waals surface area contributed by atoms with Crippen LogP contribution in [-0.2, 0) is 11.2 Å². The van der Waals surface area contributed by atoms with Crippen molar-refractivity contribution >= 4 is 16.8 Å². The molecule has 0 saturated heterocycles. The van der Waals surface area contributed by atoms with E-state index in [0.717, 1.165) is 33.5 Å². The Balaban J connectivity index is 2.21. The molecule has 0 radical (unpaired) electrons. The second-order valence-corrected chi connectivity index (χ2v) is 6.50. The van der Waals surface area contributed by atoms with Crippen LogP contribution in [0.5, 0.6) is 23.0 Å². The third kappa shape index (κ3) is 3.94. The second-order valence-electron chi connectivity index (χ2n) is 6.50. The number of ether oxygens (including phenoxy) is 4. The summed E-state index contributed by atoms with van der Waals surface area (Å²) in [7, 11) is 6.41. The molecular formula is C22H26N2O5. The number of nitrogens with one attached hydrogen (secondary N) is 2. The standard InChI is InChI=1S/C22H26N2O5/c1-13(25)23-11-10-15-17-12-14(26-2)6-8-18(17)24-20(15)16-7-9-19(27-3)22(29-5)21(16)28-4/h6-9,12,24H,10-11H2,1-5H3,(H,23,25). The molecule has 3 aromatic rings. The van der Waals surface area contributed by atoms with E-state index >= 15 is 0 Å². The average Bonchev–Trinajstić information content (AvgIpc) is 3.09. The van der Waals surface area contributed by atoms with E-state index in [1.165, 1.54) is 6.92 Å². The van der Waals surface area contributed by atoms with Crippen molar-refractivity contribution in [3.8, 4) is 34.3 Å². The van der Waals surface area contributed by atoms with E-state index in [1.54, 1.807) is 28.4 Å². The van der Waals surface area contributed by atoms with Crippen molar-refractivity contribution < 1.29 is 23.7 Å². The Hall–Kier alpha value is -3.35. The van der Waals surface area contributed by atoms with E-state index in [9.17, 15) is 4.79 Å². The van der Waals surface area contributed by atoms with Crippen LogP contribution in [0.1, 0.15) is 12.5 Å². The molecule has 2 aromatic carbocycles. The first-order chi connectivity index (χ1) is 14.0. The van der Waals surface area contributed by atoms with Crippen LogP contribution in [-0.4, -0.2) is 45.9 Å². The van der Waals surface area contributed by atoms with Gasteiger partial charge in [-0.15, -0.1) is 0 Å². The van der Waals surface area contributed by atoms with Gasteiger partial charge in [0, 0.05) is 29.9 Å². The normalized spacial score (nSPS) is 10.7. The van der Waals surface area contributed by atoms with Crippen molar-refractivity contribution in [2.45, 2.75) is 13.3 Å². The smallest absolute Gasteiger partial charge is 0.216 e. The van der Waals surface area contributed by atoms with Gasteiger partial charge in [-0.2, -0.15) is 0 Å². The van der Waals surface area contributed by atoms with Gasteiger partial charge in [0.1, 0.15) is 5.75 Å². The van der Waals surface area contributed by atoms with Gasteiger partial charge >= 0.3 is 0 Å². The number of hydrogen-bond acceptors (Lipinski definition) is 5. The lowest BCUT2D eigenvalue weighted by molar-refractivity contribution is -0.118. The monoisotopic (exact) mass is 398 g/mol. The van der Waals surface area contributed by atoms with Crippen molar-refractivity contribution in [2.75, 3.05) is 35.0 Å². The highest BCUT2D eigenvalue weighted by Gasteiger charge is 2.22. The molecule has 0 unspecified atom stereocenters. The van der Waals surface area contributed by atoms with Gasteiger partial charge in [-0.05, 0) is 42.3 Å². The Morgan fingerprint density at radius 3 is 2.34 bits per heavy atom. The van der Waals surface area contributed by atoms with Gasteiger partial charge in [0.25, 0.3) is 0 Å². The number of hydrogen-bond donors (Lipinski definition) is 2. The Morgan fingerprint density at radius 1 is 0.966 bits per heavy atom. The lowest BCUT2D eigenvalue weighted by Gasteiger charge is -2.16. The van der Waals surface area contributed by atoms with Crippen LogP contribution in [0.4, 0.5) is 0 Å². The predicted octanol–water partition coefficient (Wildman–Crippen LogP) is 3.55. The summed E-state index contributed by atoms with van der Waals surface area (Å²) >= 11 is 0. The molecule has 0 atom stereocenters. The minimum atomic E-state index is -0.0623. The molecule has 0 aliphatic heterocycles. The number of benzene rings is 2. The predicted molar refractivity (Wildman–Crippen MR) is 112 cm³/mol. The van der Waals surface area contributed by atoms with Crippen LogP contribution >= 0.6 is 0 Å². The number of aromatic amines is 1. The van der Waals surface area contributed by atoms with Crippen molar-refractivity contribution in [2.24, 2.45) is 0 Å². The molecule has 154 valence electrons. The first kappa shape index (κ1) is 20.4. The first-order valence-electron chi connectivity index (χ1n) is 9.26. The molecule has 0 spiro atoms.